The summed E-state index contributed by atoms with van der Waals surface area (Å²) < 4.78 is 0. The summed E-state index contributed by atoms with van der Waals surface area (Å²) >= 11 is 0. The highest BCUT2D eigenvalue weighted by Crippen LogP contribution is 2.08. The summed E-state index contributed by atoms with van der Waals surface area (Å²) in [6.45, 7) is 0.628. The standard InChI is InChI=1S/C21H23N3O3/c25-19(16-10-5-2-6-11-16)24-18(14-15-8-3-1-4-9-15)21(27)23-17-12-7-13-22-20(17)26/h1-6,8-11,17-18H,7,12-14H2,(H,22,26)(H,23,27)(H,24,25). The Kier molecular flexibility index (Phi) is 6.20. The second-order valence-electron chi connectivity index (χ2n) is 6.58. The van der Waals surface area contributed by atoms with E-state index >= 15 is 0 Å². The van der Waals surface area contributed by atoms with Crippen LogP contribution in [0.15, 0.2) is 60.7 Å². The first-order chi connectivity index (χ1) is 13.1. The summed E-state index contributed by atoms with van der Waals surface area (Å²) in [5.41, 5.74) is 1.41. The molecule has 1 saturated heterocycles. The van der Waals surface area contributed by atoms with Crippen LogP contribution in [-0.4, -0.2) is 36.3 Å². The molecule has 140 valence electrons. The fourth-order valence-corrected chi connectivity index (χ4v) is 3.07. The molecular formula is C21H23N3O3. The third-order valence-corrected chi connectivity index (χ3v) is 4.54. The molecule has 6 nitrogen and oxygen atoms in total. The van der Waals surface area contributed by atoms with E-state index in [4.69, 9.17) is 0 Å². The van der Waals surface area contributed by atoms with Crippen LogP contribution in [0, 0.1) is 0 Å². The average molecular weight is 365 g/mol. The number of nitrogens with one attached hydrogen (secondary N) is 3. The maximum absolute atomic E-state index is 12.8. The summed E-state index contributed by atoms with van der Waals surface area (Å²) in [4.78, 5) is 37.3. The largest absolute Gasteiger partial charge is 0.354 e. The number of piperidine rings is 1. The van der Waals surface area contributed by atoms with Crippen molar-refractivity contribution in [1.29, 1.82) is 0 Å². The first-order valence-electron chi connectivity index (χ1n) is 9.11. The van der Waals surface area contributed by atoms with Gasteiger partial charge in [-0.25, -0.2) is 0 Å². The lowest BCUT2D eigenvalue weighted by Gasteiger charge is -2.26. The molecule has 27 heavy (non-hydrogen) atoms. The number of carbonyl (C=O) groups excluding carboxylic acids is 3. The molecule has 0 saturated carbocycles. The van der Waals surface area contributed by atoms with E-state index in [1.807, 2.05) is 36.4 Å². The second-order valence-corrected chi connectivity index (χ2v) is 6.58. The van der Waals surface area contributed by atoms with Crippen LogP contribution < -0.4 is 16.0 Å². The van der Waals surface area contributed by atoms with Gasteiger partial charge in [0, 0.05) is 18.5 Å². The summed E-state index contributed by atoms with van der Waals surface area (Å²) in [6, 6.07) is 16.9. The zero-order valence-corrected chi connectivity index (χ0v) is 15.0. The first-order valence-corrected chi connectivity index (χ1v) is 9.11. The van der Waals surface area contributed by atoms with Gasteiger partial charge in [-0.3, -0.25) is 14.4 Å². The predicted octanol–water partition coefficient (Wildman–Crippen LogP) is 1.42. The van der Waals surface area contributed by atoms with Crippen LogP contribution in [0.1, 0.15) is 28.8 Å². The van der Waals surface area contributed by atoms with E-state index in [1.54, 1.807) is 24.3 Å². The molecule has 0 aromatic heterocycles. The molecule has 3 rings (SSSR count). The molecule has 2 unspecified atom stereocenters. The van der Waals surface area contributed by atoms with Crippen LogP contribution in [0.2, 0.25) is 0 Å². The zero-order chi connectivity index (χ0) is 19.1. The molecule has 0 radical (unpaired) electrons. The molecule has 1 heterocycles. The van der Waals surface area contributed by atoms with Gasteiger partial charge in [-0.15, -0.1) is 0 Å². The molecule has 1 aliphatic heterocycles. The average Bonchev–Trinajstić information content (AvgIpc) is 2.70. The predicted molar refractivity (Wildman–Crippen MR) is 102 cm³/mol. The Morgan fingerprint density at radius 2 is 1.70 bits per heavy atom. The number of amides is 3. The molecule has 1 fully saturated rings. The smallest absolute Gasteiger partial charge is 0.251 e. The first kappa shape index (κ1) is 18.6. The van der Waals surface area contributed by atoms with Gasteiger partial charge in [0.1, 0.15) is 12.1 Å². The van der Waals surface area contributed by atoms with E-state index in [0.29, 0.717) is 24.9 Å². The highest BCUT2D eigenvalue weighted by atomic mass is 16.2. The van der Waals surface area contributed by atoms with Gasteiger partial charge in [0.2, 0.25) is 11.8 Å². The topological polar surface area (TPSA) is 87.3 Å². The van der Waals surface area contributed by atoms with Gasteiger partial charge < -0.3 is 16.0 Å². The summed E-state index contributed by atoms with van der Waals surface area (Å²) in [5.74, 6) is -0.854. The molecule has 0 spiro atoms. The Morgan fingerprint density at radius 3 is 2.37 bits per heavy atom. The van der Waals surface area contributed by atoms with Crippen molar-refractivity contribution < 1.29 is 14.4 Å². The second kappa shape index (κ2) is 8.98. The SMILES string of the molecule is O=C(NC(Cc1ccccc1)C(=O)NC1CCCNC1=O)c1ccccc1. The van der Waals surface area contributed by atoms with Crippen LogP contribution in [-0.2, 0) is 16.0 Å². The lowest BCUT2D eigenvalue weighted by Crippen LogP contribution is -2.56. The fraction of sp³-hybridized carbons (Fsp3) is 0.286. The van der Waals surface area contributed by atoms with E-state index in [2.05, 4.69) is 16.0 Å². The molecule has 2 aromatic carbocycles. The van der Waals surface area contributed by atoms with E-state index in [9.17, 15) is 14.4 Å². The quantitative estimate of drug-likeness (QED) is 0.724. The zero-order valence-electron chi connectivity index (χ0n) is 15.0. The van der Waals surface area contributed by atoms with Gasteiger partial charge in [0.25, 0.3) is 5.91 Å². The lowest BCUT2D eigenvalue weighted by atomic mass is 10.0. The fourth-order valence-electron chi connectivity index (χ4n) is 3.07. The molecule has 0 aliphatic carbocycles. The van der Waals surface area contributed by atoms with Crippen LogP contribution in [0.25, 0.3) is 0 Å². The maximum atomic E-state index is 12.8. The van der Waals surface area contributed by atoms with Crippen molar-refractivity contribution in [2.75, 3.05) is 6.54 Å². The molecular weight excluding hydrogens is 342 g/mol. The van der Waals surface area contributed by atoms with E-state index in [-0.39, 0.29) is 17.7 Å². The van der Waals surface area contributed by atoms with Gasteiger partial charge in [0.05, 0.1) is 0 Å². The molecule has 0 bridgehead atoms. The Bertz CT molecular complexity index is 793. The molecule has 3 N–H and O–H groups in total. The van der Waals surface area contributed by atoms with E-state index in [1.165, 1.54) is 0 Å². The minimum absolute atomic E-state index is 0.178. The molecule has 6 heteroatoms. The molecule has 2 atom stereocenters. The Hall–Kier alpha value is -3.15. The van der Waals surface area contributed by atoms with Crippen molar-refractivity contribution in [3.05, 3.63) is 71.8 Å². The van der Waals surface area contributed by atoms with Crippen LogP contribution in [0.5, 0.6) is 0 Å². The number of hydrogen-bond donors (Lipinski definition) is 3. The van der Waals surface area contributed by atoms with E-state index in [0.717, 1.165) is 12.0 Å². The Morgan fingerprint density at radius 1 is 1.04 bits per heavy atom. The van der Waals surface area contributed by atoms with E-state index < -0.39 is 12.1 Å². The Balaban J connectivity index is 1.73. The summed E-state index contributed by atoms with van der Waals surface area (Å²) in [6.07, 6.45) is 1.76. The third kappa shape index (κ3) is 5.17. The number of benzene rings is 2. The van der Waals surface area contributed by atoms with Crippen LogP contribution in [0.4, 0.5) is 0 Å². The van der Waals surface area contributed by atoms with Crippen molar-refractivity contribution in [2.24, 2.45) is 0 Å². The normalized spacial score (nSPS) is 17.5. The van der Waals surface area contributed by atoms with Crippen molar-refractivity contribution in [2.45, 2.75) is 31.3 Å². The number of rotatable bonds is 6. The van der Waals surface area contributed by atoms with Crippen LogP contribution >= 0.6 is 0 Å². The number of hydrogen-bond acceptors (Lipinski definition) is 3. The van der Waals surface area contributed by atoms with Gasteiger partial charge in [-0.2, -0.15) is 0 Å². The Labute approximate surface area is 158 Å². The van der Waals surface area contributed by atoms with Gasteiger partial charge in [-0.05, 0) is 30.5 Å². The van der Waals surface area contributed by atoms with Gasteiger partial charge >= 0.3 is 0 Å². The maximum Gasteiger partial charge on any atom is 0.251 e. The highest BCUT2D eigenvalue weighted by molar-refractivity contribution is 5.98. The van der Waals surface area contributed by atoms with Gasteiger partial charge in [-0.1, -0.05) is 48.5 Å². The van der Waals surface area contributed by atoms with Crippen LogP contribution in [0.3, 0.4) is 0 Å². The minimum atomic E-state index is -0.769. The van der Waals surface area contributed by atoms with Gasteiger partial charge in [0.15, 0.2) is 0 Å². The highest BCUT2D eigenvalue weighted by Gasteiger charge is 2.28. The minimum Gasteiger partial charge on any atom is -0.354 e. The third-order valence-electron chi connectivity index (χ3n) is 4.54. The molecule has 2 aromatic rings. The number of carbonyl (C=O) groups is 3. The summed E-state index contributed by atoms with van der Waals surface area (Å²) in [5, 5.41) is 8.34. The van der Waals surface area contributed by atoms with Crippen molar-refractivity contribution >= 4 is 17.7 Å². The molecule has 3 amide bonds. The lowest BCUT2D eigenvalue weighted by molar-refractivity contribution is -0.130. The summed E-state index contributed by atoms with van der Waals surface area (Å²) in [7, 11) is 0. The van der Waals surface area contributed by atoms with Crippen molar-refractivity contribution in [1.82, 2.24) is 16.0 Å². The van der Waals surface area contributed by atoms with Crippen molar-refractivity contribution in [3.8, 4) is 0 Å². The molecule has 1 aliphatic rings. The van der Waals surface area contributed by atoms with Crippen molar-refractivity contribution in [3.63, 3.8) is 0 Å². The monoisotopic (exact) mass is 365 g/mol.